The first kappa shape index (κ1) is 21.3. The van der Waals surface area contributed by atoms with Gasteiger partial charge in [-0.2, -0.15) is 0 Å². The van der Waals surface area contributed by atoms with E-state index in [9.17, 15) is 14.5 Å². The van der Waals surface area contributed by atoms with Crippen molar-refractivity contribution in [1.82, 2.24) is 9.55 Å². The van der Waals surface area contributed by atoms with Gasteiger partial charge >= 0.3 is 5.91 Å². The maximum atomic E-state index is 12.3. The van der Waals surface area contributed by atoms with Crippen LogP contribution in [0.4, 0.5) is 0 Å². The number of benzene rings is 2. The van der Waals surface area contributed by atoms with E-state index in [1.807, 2.05) is 42.5 Å². The topological polar surface area (TPSA) is 90.5 Å². The molecule has 9 heteroatoms. The zero-order valence-corrected chi connectivity index (χ0v) is 17.3. The summed E-state index contributed by atoms with van der Waals surface area (Å²) in [6, 6.07) is 14.7. The summed E-state index contributed by atoms with van der Waals surface area (Å²) >= 11 is 1.18. The Bertz CT molecular complexity index is 1170. The van der Waals surface area contributed by atoms with E-state index >= 15 is 0 Å². The van der Waals surface area contributed by atoms with Crippen molar-refractivity contribution in [1.29, 1.82) is 0 Å². The quantitative estimate of drug-likeness (QED) is 0.468. The Hall–Kier alpha value is -3.46. The van der Waals surface area contributed by atoms with Crippen LogP contribution in [0.25, 0.3) is 10.9 Å². The number of hydrogen-bond donors (Lipinski definition) is 0. The number of carbonyl (C=O) groups is 1. The van der Waals surface area contributed by atoms with Crippen molar-refractivity contribution in [3.05, 3.63) is 81.1 Å². The molecule has 8 nitrogen and oxygen atoms in total. The molecule has 0 saturated carbocycles. The highest BCUT2D eigenvalue weighted by atomic mass is 32.2. The second-order valence-electron chi connectivity index (χ2n) is 6.23. The molecule has 1 aromatic heterocycles. The fraction of sp³-hybridized carbons (Fsp3) is 0.190. The number of nitroso groups, excluding NO2 is 1. The minimum absolute atomic E-state index is 0.0794. The lowest BCUT2D eigenvalue weighted by Gasteiger charge is -2.12. The molecule has 1 saturated heterocycles. The second kappa shape index (κ2) is 9.36. The van der Waals surface area contributed by atoms with Crippen LogP contribution in [0.15, 0.2) is 64.8 Å². The molecule has 0 radical (unpaired) electrons. The van der Waals surface area contributed by atoms with Crippen LogP contribution < -0.4 is 15.0 Å². The molecule has 2 aromatic carbocycles. The van der Waals surface area contributed by atoms with Gasteiger partial charge in [0.2, 0.25) is 0 Å². The third-order valence-electron chi connectivity index (χ3n) is 4.32. The van der Waals surface area contributed by atoms with Crippen molar-refractivity contribution in [3.8, 4) is 11.5 Å². The summed E-state index contributed by atoms with van der Waals surface area (Å²) in [5.74, 6) is 1.54. The van der Waals surface area contributed by atoms with E-state index < -0.39 is 5.91 Å². The van der Waals surface area contributed by atoms with Gasteiger partial charge in [0, 0.05) is 12.0 Å². The molecule has 0 unspecified atom stereocenters. The third kappa shape index (κ3) is 4.57. The highest BCUT2D eigenvalue weighted by molar-refractivity contribution is 8.04. The number of thioether (sulfide) groups is 1. The predicted molar refractivity (Wildman–Crippen MR) is 115 cm³/mol. The summed E-state index contributed by atoms with van der Waals surface area (Å²) in [6.07, 6.45) is 0. The third-order valence-corrected chi connectivity index (χ3v) is 5.21. The van der Waals surface area contributed by atoms with Crippen molar-refractivity contribution in [3.63, 3.8) is 0 Å². The summed E-state index contributed by atoms with van der Waals surface area (Å²) < 4.78 is 12.9. The van der Waals surface area contributed by atoms with E-state index in [0.29, 0.717) is 37.9 Å². The van der Waals surface area contributed by atoms with Crippen molar-refractivity contribution < 1.29 is 19.0 Å². The fourth-order valence-electron chi connectivity index (χ4n) is 2.67. The molecule has 0 bridgehead atoms. The Labute approximate surface area is 176 Å². The number of para-hydroxylation sites is 3. The molecule has 3 aromatic rings. The van der Waals surface area contributed by atoms with Gasteiger partial charge in [0.05, 0.1) is 22.8 Å². The molecule has 1 aliphatic heterocycles. The lowest BCUT2D eigenvalue weighted by atomic mass is 10.2. The fourth-order valence-corrected chi connectivity index (χ4v) is 3.28. The van der Waals surface area contributed by atoms with Gasteiger partial charge in [-0.25, -0.2) is 9.78 Å². The first-order valence-electron chi connectivity index (χ1n) is 8.93. The Kier molecular flexibility index (Phi) is 6.63. The van der Waals surface area contributed by atoms with Crippen LogP contribution in [0.3, 0.4) is 0 Å². The molecule has 1 fully saturated rings. The molecule has 4 rings (SSSR count). The average Bonchev–Trinajstić information content (AvgIpc) is 3.06. The number of carbonyl (C=O) groups excluding carboxylic acids is 1. The van der Waals surface area contributed by atoms with Crippen LogP contribution in [0.2, 0.25) is 0 Å². The Morgan fingerprint density at radius 1 is 1.13 bits per heavy atom. The first-order chi connectivity index (χ1) is 14.4. The van der Waals surface area contributed by atoms with Crippen LogP contribution in [-0.2, 0) is 18.4 Å². The summed E-state index contributed by atoms with van der Waals surface area (Å²) in [5, 5.41) is 0.603. The first-order valence-corrected chi connectivity index (χ1v) is 9.92. The van der Waals surface area contributed by atoms with Gasteiger partial charge < -0.3 is 9.47 Å². The number of methoxy groups -OCH3 is 1. The van der Waals surface area contributed by atoms with Crippen LogP contribution in [0, 0.1) is 4.91 Å². The lowest BCUT2D eigenvalue weighted by molar-refractivity contribution is -0.439. The Morgan fingerprint density at radius 3 is 2.40 bits per heavy atom. The zero-order chi connectivity index (χ0) is 21.7. The molecule has 1 amide bonds. The van der Waals surface area contributed by atoms with Crippen molar-refractivity contribution >= 4 is 28.6 Å². The van der Waals surface area contributed by atoms with E-state index in [4.69, 9.17) is 9.47 Å². The SMILES string of the molecule is C=C1SC[N+](=O)C1=O.COc1ccccc1OCc1nc2ccccc2c(=O)n1C. The Morgan fingerprint density at radius 2 is 1.80 bits per heavy atom. The van der Waals surface area contributed by atoms with Crippen molar-refractivity contribution in [2.45, 2.75) is 6.61 Å². The maximum Gasteiger partial charge on any atom is 0.472 e. The minimum atomic E-state index is -0.491. The van der Waals surface area contributed by atoms with Gasteiger partial charge in [0.1, 0.15) is 17.3 Å². The minimum Gasteiger partial charge on any atom is -0.493 e. The van der Waals surface area contributed by atoms with Gasteiger partial charge in [-0.05, 0) is 36.0 Å². The molecule has 0 aliphatic carbocycles. The van der Waals surface area contributed by atoms with Crippen molar-refractivity contribution in [2.75, 3.05) is 13.0 Å². The molecule has 2 heterocycles. The summed E-state index contributed by atoms with van der Waals surface area (Å²) in [6.45, 7) is 3.55. The Balaban J connectivity index is 0.000000269. The average molecular weight is 426 g/mol. The molecule has 0 atom stereocenters. The van der Waals surface area contributed by atoms with Gasteiger partial charge in [-0.1, -0.05) is 30.8 Å². The zero-order valence-electron chi connectivity index (χ0n) is 16.5. The van der Waals surface area contributed by atoms with E-state index in [0.717, 1.165) is 0 Å². The van der Waals surface area contributed by atoms with Crippen LogP contribution >= 0.6 is 11.8 Å². The summed E-state index contributed by atoms with van der Waals surface area (Å²) in [4.78, 5) is 37.8. The van der Waals surface area contributed by atoms with Gasteiger partial charge in [0.25, 0.3) is 11.4 Å². The number of hydrogen-bond acceptors (Lipinski definition) is 7. The maximum absolute atomic E-state index is 12.3. The van der Waals surface area contributed by atoms with Gasteiger partial charge in [-0.15, -0.1) is 0 Å². The molecular formula is C21H20N3O5S+. The van der Waals surface area contributed by atoms with Crippen LogP contribution in [0.1, 0.15) is 5.82 Å². The number of amides is 1. The van der Waals surface area contributed by atoms with E-state index in [1.165, 1.54) is 16.3 Å². The van der Waals surface area contributed by atoms with Gasteiger partial charge in [0.15, 0.2) is 11.5 Å². The summed E-state index contributed by atoms with van der Waals surface area (Å²) in [5.41, 5.74) is 0.591. The number of ether oxygens (including phenoxy) is 2. The van der Waals surface area contributed by atoms with E-state index in [-0.39, 0.29) is 18.0 Å². The smallest absolute Gasteiger partial charge is 0.472 e. The molecule has 1 aliphatic rings. The number of rotatable bonds is 4. The van der Waals surface area contributed by atoms with Crippen LogP contribution in [-0.4, -0.2) is 33.2 Å². The number of aromatic nitrogens is 2. The summed E-state index contributed by atoms with van der Waals surface area (Å²) in [7, 11) is 3.29. The second-order valence-corrected chi connectivity index (χ2v) is 7.27. The standard InChI is InChI=1S/C17H16N2O3.C4H4NO2S/c1-19-16(11-22-15-10-6-5-9-14(15)21-2)18-13-8-4-3-7-12(13)17(19)20;1-3-4(6)5(7)2-8-3/h3-10H,11H2,1-2H3;1-2H2/q;+1. The van der Waals surface area contributed by atoms with E-state index in [1.54, 1.807) is 20.2 Å². The monoisotopic (exact) mass is 426 g/mol. The molecule has 30 heavy (non-hydrogen) atoms. The highest BCUT2D eigenvalue weighted by Crippen LogP contribution is 2.26. The van der Waals surface area contributed by atoms with Gasteiger partial charge in [-0.3, -0.25) is 9.36 Å². The molecule has 0 N–H and O–H groups in total. The lowest BCUT2D eigenvalue weighted by Crippen LogP contribution is -2.23. The van der Waals surface area contributed by atoms with Crippen LogP contribution in [0.5, 0.6) is 11.5 Å². The van der Waals surface area contributed by atoms with E-state index in [2.05, 4.69) is 11.6 Å². The highest BCUT2D eigenvalue weighted by Gasteiger charge is 2.34. The molecular weight excluding hydrogens is 406 g/mol. The van der Waals surface area contributed by atoms with Crippen molar-refractivity contribution in [2.24, 2.45) is 7.05 Å². The molecule has 154 valence electrons. The number of nitrogens with zero attached hydrogens (tertiary/aromatic N) is 3. The largest absolute Gasteiger partial charge is 0.493 e. The number of fused-ring (bicyclic) bond motifs is 1. The molecule has 0 spiro atoms. The predicted octanol–water partition coefficient (Wildman–Crippen LogP) is 3.03. The normalized spacial score (nSPS) is 13.2.